The van der Waals surface area contributed by atoms with E-state index in [0.717, 1.165) is 43.4 Å². The third-order valence-corrected chi connectivity index (χ3v) is 7.52. The Morgan fingerprint density at radius 1 is 1.30 bits per heavy atom. The number of nitrogens with zero attached hydrogens (tertiary/aromatic N) is 4. The number of rotatable bonds is 2. The average molecular weight is 475 g/mol. The standard InChI is InChI=1S/C23H28ClFN6O2/c1-13-10-29-8-4-5-15(29)11-30(13)22(33)31-12-17-19(23(31,2)3)27-28-20(17)26-21(32)16-9-14(24)6-7-18(16)25/h6-7,9,13,15H,4-5,8,10-12H2,1-3H3,(H2,26,27,28,32)/t13-,15-/m0/s1. The van der Waals surface area contributed by atoms with E-state index in [1.54, 1.807) is 0 Å². The average Bonchev–Trinajstić information content (AvgIpc) is 3.45. The van der Waals surface area contributed by atoms with Gasteiger partial charge in [-0.3, -0.25) is 14.8 Å². The van der Waals surface area contributed by atoms with Crippen molar-refractivity contribution in [1.82, 2.24) is 24.9 Å². The van der Waals surface area contributed by atoms with E-state index in [9.17, 15) is 14.0 Å². The monoisotopic (exact) mass is 474 g/mol. The number of carbonyl (C=O) groups is 2. The molecule has 2 aromatic rings. The Hall–Kier alpha value is -2.65. The normalized spacial score (nSPS) is 24.0. The maximum Gasteiger partial charge on any atom is 0.321 e. The maximum absolute atomic E-state index is 14.1. The van der Waals surface area contributed by atoms with Crippen LogP contribution >= 0.6 is 11.6 Å². The van der Waals surface area contributed by atoms with Crippen LogP contribution in [0.2, 0.25) is 5.02 Å². The molecule has 3 aliphatic heterocycles. The minimum absolute atomic E-state index is 0.0122. The summed E-state index contributed by atoms with van der Waals surface area (Å²) in [6.07, 6.45) is 2.31. The van der Waals surface area contributed by atoms with Gasteiger partial charge in [0.25, 0.3) is 5.91 Å². The number of benzene rings is 1. The van der Waals surface area contributed by atoms with E-state index < -0.39 is 17.3 Å². The molecular formula is C23H28ClFN6O2. The van der Waals surface area contributed by atoms with Gasteiger partial charge in [0.2, 0.25) is 0 Å². The first-order chi connectivity index (χ1) is 15.7. The Kier molecular flexibility index (Phi) is 5.36. The van der Waals surface area contributed by atoms with Crippen LogP contribution in [-0.2, 0) is 12.1 Å². The van der Waals surface area contributed by atoms with Gasteiger partial charge in [-0.25, -0.2) is 9.18 Å². The molecule has 4 heterocycles. The highest BCUT2D eigenvalue weighted by Gasteiger charge is 2.47. The Morgan fingerprint density at radius 2 is 2.09 bits per heavy atom. The highest BCUT2D eigenvalue weighted by atomic mass is 35.5. The number of halogens is 2. The minimum atomic E-state index is -0.666. The van der Waals surface area contributed by atoms with Crippen LogP contribution in [0.4, 0.5) is 15.0 Å². The third-order valence-electron chi connectivity index (χ3n) is 7.29. The maximum atomic E-state index is 14.1. The van der Waals surface area contributed by atoms with E-state index in [1.165, 1.54) is 18.6 Å². The number of piperazine rings is 1. The smallest absolute Gasteiger partial charge is 0.319 e. The number of amides is 3. The number of urea groups is 1. The second-order valence-corrected chi connectivity index (χ2v) is 10.2. The van der Waals surface area contributed by atoms with Crippen molar-refractivity contribution in [2.75, 3.05) is 25.0 Å². The lowest BCUT2D eigenvalue weighted by atomic mass is 10.0. The van der Waals surface area contributed by atoms with E-state index in [1.807, 2.05) is 23.6 Å². The first kappa shape index (κ1) is 22.2. The summed E-state index contributed by atoms with van der Waals surface area (Å²) < 4.78 is 14.1. The summed E-state index contributed by atoms with van der Waals surface area (Å²) in [4.78, 5) is 32.7. The number of aromatic nitrogens is 2. The number of anilines is 1. The van der Waals surface area contributed by atoms with Gasteiger partial charge in [0.05, 0.1) is 23.3 Å². The van der Waals surface area contributed by atoms with Crippen LogP contribution < -0.4 is 5.32 Å². The van der Waals surface area contributed by atoms with Crippen LogP contribution in [0.1, 0.15) is 55.2 Å². The largest absolute Gasteiger partial charge is 0.321 e. The fraction of sp³-hybridized carbons (Fsp3) is 0.522. The van der Waals surface area contributed by atoms with Gasteiger partial charge in [-0.2, -0.15) is 5.10 Å². The number of hydrogen-bond acceptors (Lipinski definition) is 4. The molecule has 5 rings (SSSR count). The zero-order valence-electron chi connectivity index (χ0n) is 19.0. The summed E-state index contributed by atoms with van der Waals surface area (Å²) in [5.74, 6) is -1.01. The molecule has 2 saturated heterocycles. The Morgan fingerprint density at radius 3 is 2.88 bits per heavy atom. The van der Waals surface area contributed by atoms with Crippen LogP contribution in [-0.4, -0.2) is 68.6 Å². The summed E-state index contributed by atoms with van der Waals surface area (Å²) >= 11 is 5.93. The van der Waals surface area contributed by atoms with Crippen molar-refractivity contribution in [1.29, 1.82) is 0 Å². The molecule has 2 atom stereocenters. The molecule has 176 valence electrons. The van der Waals surface area contributed by atoms with Gasteiger partial charge in [0, 0.05) is 35.8 Å². The zero-order valence-corrected chi connectivity index (χ0v) is 19.7. The summed E-state index contributed by atoms with van der Waals surface area (Å²) in [6.45, 7) is 9.07. The molecule has 3 aliphatic rings. The Labute approximate surface area is 197 Å². The molecule has 2 fully saturated rings. The highest BCUT2D eigenvalue weighted by molar-refractivity contribution is 6.31. The van der Waals surface area contributed by atoms with Gasteiger partial charge >= 0.3 is 6.03 Å². The molecule has 0 unspecified atom stereocenters. The van der Waals surface area contributed by atoms with E-state index in [4.69, 9.17) is 11.6 Å². The van der Waals surface area contributed by atoms with Crippen molar-refractivity contribution >= 4 is 29.4 Å². The fourth-order valence-electron chi connectivity index (χ4n) is 5.38. The lowest BCUT2D eigenvalue weighted by Crippen LogP contribution is -2.60. The number of fused-ring (bicyclic) bond motifs is 2. The summed E-state index contributed by atoms with van der Waals surface area (Å²) in [5, 5.41) is 10.2. The second-order valence-electron chi connectivity index (χ2n) is 9.72. The van der Waals surface area contributed by atoms with Crippen LogP contribution in [0, 0.1) is 5.82 Å². The number of hydrogen-bond donors (Lipinski definition) is 2. The van der Waals surface area contributed by atoms with Crippen LogP contribution in [0.3, 0.4) is 0 Å². The van der Waals surface area contributed by atoms with Gasteiger partial charge in [-0.1, -0.05) is 11.6 Å². The van der Waals surface area contributed by atoms with Gasteiger partial charge in [0.15, 0.2) is 5.82 Å². The number of H-pyrrole nitrogens is 1. The molecular weight excluding hydrogens is 447 g/mol. The zero-order chi connectivity index (χ0) is 23.5. The minimum Gasteiger partial charge on any atom is -0.319 e. The highest BCUT2D eigenvalue weighted by Crippen LogP contribution is 2.42. The SMILES string of the molecule is C[C@H]1CN2CCC[C@H]2CN1C(=O)N1Cc2c(NC(=O)c3cc(Cl)ccc3F)n[nH]c2C1(C)C. The van der Waals surface area contributed by atoms with Crippen molar-refractivity contribution < 1.29 is 14.0 Å². The molecule has 1 aromatic carbocycles. The molecule has 33 heavy (non-hydrogen) atoms. The first-order valence-electron chi connectivity index (χ1n) is 11.3. The molecule has 0 bridgehead atoms. The topological polar surface area (TPSA) is 84.6 Å². The van der Waals surface area contributed by atoms with E-state index in [2.05, 4.69) is 27.3 Å². The molecule has 0 spiro atoms. The van der Waals surface area contributed by atoms with Crippen LogP contribution in [0.5, 0.6) is 0 Å². The molecule has 1 aromatic heterocycles. The fourth-order valence-corrected chi connectivity index (χ4v) is 5.55. The first-order valence-corrected chi connectivity index (χ1v) is 11.7. The van der Waals surface area contributed by atoms with Gasteiger partial charge in [-0.15, -0.1) is 0 Å². The van der Waals surface area contributed by atoms with Crippen LogP contribution in [0.15, 0.2) is 18.2 Å². The quantitative estimate of drug-likeness (QED) is 0.693. The Balaban J connectivity index is 1.36. The van der Waals surface area contributed by atoms with Crippen molar-refractivity contribution in [3.63, 3.8) is 0 Å². The van der Waals surface area contributed by atoms with Crippen molar-refractivity contribution in [3.05, 3.63) is 45.9 Å². The number of aromatic amines is 1. The second kappa shape index (κ2) is 7.99. The van der Waals surface area contributed by atoms with Crippen LogP contribution in [0.25, 0.3) is 0 Å². The van der Waals surface area contributed by atoms with Crippen molar-refractivity contribution in [2.24, 2.45) is 0 Å². The molecule has 0 aliphatic carbocycles. The number of nitrogens with one attached hydrogen (secondary N) is 2. The summed E-state index contributed by atoms with van der Waals surface area (Å²) in [6, 6.07) is 4.37. The van der Waals surface area contributed by atoms with Crippen molar-refractivity contribution in [3.8, 4) is 0 Å². The predicted molar refractivity (Wildman–Crippen MR) is 123 cm³/mol. The van der Waals surface area contributed by atoms with E-state index >= 15 is 0 Å². The van der Waals surface area contributed by atoms with E-state index in [0.29, 0.717) is 18.4 Å². The molecule has 0 saturated carbocycles. The molecule has 0 radical (unpaired) electrons. The molecule has 8 nitrogen and oxygen atoms in total. The van der Waals surface area contributed by atoms with Gasteiger partial charge < -0.3 is 15.1 Å². The number of carbonyl (C=O) groups excluding carboxylic acids is 2. The van der Waals surface area contributed by atoms with E-state index in [-0.39, 0.29) is 22.7 Å². The van der Waals surface area contributed by atoms with Gasteiger partial charge in [0.1, 0.15) is 5.82 Å². The Bertz CT molecular complexity index is 1120. The van der Waals surface area contributed by atoms with Gasteiger partial charge in [-0.05, 0) is 58.4 Å². The summed E-state index contributed by atoms with van der Waals surface area (Å²) in [7, 11) is 0. The lowest BCUT2D eigenvalue weighted by molar-refractivity contribution is 0.0454. The predicted octanol–water partition coefficient (Wildman–Crippen LogP) is 3.79. The van der Waals surface area contributed by atoms with Crippen molar-refractivity contribution in [2.45, 2.75) is 57.8 Å². The third kappa shape index (κ3) is 3.67. The summed E-state index contributed by atoms with van der Waals surface area (Å²) in [5.41, 5.74) is 0.713. The molecule has 10 heteroatoms. The lowest BCUT2D eigenvalue weighted by Gasteiger charge is -2.45. The molecule has 2 N–H and O–H groups in total. The molecule has 3 amide bonds.